The van der Waals surface area contributed by atoms with Crippen LogP contribution in [0.1, 0.15) is 25.5 Å². The molecule has 0 radical (unpaired) electrons. The van der Waals surface area contributed by atoms with Gasteiger partial charge < -0.3 is 15.0 Å². The van der Waals surface area contributed by atoms with Crippen LogP contribution in [-0.4, -0.2) is 55.0 Å². The first-order valence-corrected chi connectivity index (χ1v) is 7.57. The van der Waals surface area contributed by atoms with Crippen LogP contribution >= 0.6 is 0 Å². The van der Waals surface area contributed by atoms with Crippen LogP contribution in [0.2, 0.25) is 0 Å². The van der Waals surface area contributed by atoms with Gasteiger partial charge in [0.25, 0.3) is 0 Å². The topological polar surface area (TPSA) is 42.3 Å². The fourth-order valence-corrected chi connectivity index (χ4v) is 2.76. The Kier molecular flexibility index (Phi) is 5.43. The molecule has 0 aromatic carbocycles. The molecular weight excluding hydrogens is 252 g/mol. The molecule has 1 aliphatic heterocycles. The molecule has 1 fully saturated rings. The van der Waals surface area contributed by atoms with Gasteiger partial charge in [0, 0.05) is 12.6 Å². The van der Waals surface area contributed by atoms with E-state index in [-0.39, 0.29) is 0 Å². The van der Waals surface area contributed by atoms with Crippen LogP contribution in [0.25, 0.3) is 0 Å². The van der Waals surface area contributed by atoms with Crippen LogP contribution in [0.4, 0.5) is 0 Å². The van der Waals surface area contributed by atoms with Crippen LogP contribution < -0.4 is 10.1 Å². The van der Waals surface area contributed by atoms with E-state index in [4.69, 9.17) is 4.74 Å². The first-order valence-electron chi connectivity index (χ1n) is 7.57. The number of piperidine rings is 1. The van der Waals surface area contributed by atoms with Crippen molar-refractivity contribution >= 4 is 0 Å². The number of aromatic nitrogens is 2. The first kappa shape index (κ1) is 15.3. The van der Waals surface area contributed by atoms with Gasteiger partial charge in [0.15, 0.2) is 5.75 Å². The lowest BCUT2D eigenvalue weighted by atomic mass is 9.91. The van der Waals surface area contributed by atoms with E-state index in [1.807, 2.05) is 6.20 Å². The van der Waals surface area contributed by atoms with Crippen LogP contribution in [0.3, 0.4) is 0 Å². The highest BCUT2D eigenvalue weighted by Crippen LogP contribution is 2.25. The standard InChI is InChI=1S/C15H28N4O/c1-12-5-6-13(10-16-12)9-14-15(20-4)11-17-19(14)8-7-18(2)3/h11-13,16H,5-10H2,1-4H3. The van der Waals surface area contributed by atoms with E-state index in [0.29, 0.717) is 12.0 Å². The minimum atomic E-state index is 0.659. The number of likely N-dealkylation sites (N-methyl/N-ethyl adjacent to an activating group) is 1. The quantitative estimate of drug-likeness (QED) is 0.855. The number of methoxy groups -OCH3 is 1. The molecular formula is C15H28N4O. The largest absolute Gasteiger partial charge is 0.493 e. The van der Waals surface area contributed by atoms with Crippen molar-refractivity contribution in [3.8, 4) is 5.75 Å². The normalized spacial score (nSPS) is 23.2. The molecule has 2 rings (SSSR count). The van der Waals surface area contributed by atoms with Gasteiger partial charge in [-0.15, -0.1) is 0 Å². The van der Waals surface area contributed by atoms with Gasteiger partial charge in [-0.3, -0.25) is 4.68 Å². The summed E-state index contributed by atoms with van der Waals surface area (Å²) >= 11 is 0. The Morgan fingerprint density at radius 1 is 1.45 bits per heavy atom. The average Bonchev–Trinajstić information content (AvgIpc) is 2.81. The SMILES string of the molecule is COc1cnn(CCN(C)C)c1CC1CCC(C)NC1. The third-order valence-electron chi connectivity index (χ3n) is 4.13. The molecule has 0 amide bonds. The van der Waals surface area contributed by atoms with Crippen molar-refractivity contribution in [2.75, 3.05) is 34.3 Å². The van der Waals surface area contributed by atoms with Crippen molar-refractivity contribution in [2.24, 2.45) is 5.92 Å². The van der Waals surface area contributed by atoms with Gasteiger partial charge in [0.2, 0.25) is 0 Å². The monoisotopic (exact) mass is 280 g/mol. The van der Waals surface area contributed by atoms with Gasteiger partial charge >= 0.3 is 0 Å². The molecule has 0 spiro atoms. The van der Waals surface area contributed by atoms with Gasteiger partial charge in [-0.25, -0.2) is 0 Å². The van der Waals surface area contributed by atoms with Crippen molar-refractivity contribution in [1.82, 2.24) is 20.0 Å². The summed E-state index contributed by atoms with van der Waals surface area (Å²) in [7, 11) is 5.91. The van der Waals surface area contributed by atoms with Crippen LogP contribution in [-0.2, 0) is 13.0 Å². The Balaban J connectivity index is 2.02. The van der Waals surface area contributed by atoms with Crippen LogP contribution in [0, 0.1) is 5.92 Å². The molecule has 0 aliphatic carbocycles. The molecule has 114 valence electrons. The lowest BCUT2D eigenvalue weighted by Gasteiger charge is -2.28. The Labute approximate surface area is 122 Å². The Bertz CT molecular complexity index is 408. The average molecular weight is 280 g/mol. The molecule has 5 heteroatoms. The predicted octanol–water partition coefficient (Wildman–Crippen LogP) is 1.38. The molecule has 1 aromatic heterocycles. The summed E-state index contributed by atoms with van der Waals surface area (Å²) in [4.78, 5) is 2.18. The zero-order chi connectivity index (χ0) is 14.5. The Morgan fingerprint density at radius 3 is 2.85 bits per heavy atom. The fourth-order valence-electron chi connectivity index (χ4n) is 2.76. The van der Waals surface area contributed by atoms with E-state index in [9.17, 15) is 0 Å². The highest BCUT2D eigenvalue weighted by molar-refractivity contribution is 5.25. The zero-order valence-electron chi connectivity index (χ0n) is 13.2. The second-order valence-corrected chi connectivity index (χ2v) is 6.14. The summed E-state index contributed by atoms with van der Waals surface area (Å²) in [6.45, 7) is 5.28. The number of hydrogen-bond acceptors (Lipinski definition) is 4. The van der Waals surface area contributed by atoms with Crippen LogP contribution in [0.15, 0.2) is 6.20 Å². The highest BCUT2D eigenvalue weighted by Gasteiger charge is 2.21. The number of hydrogen-bond donors (Lipinski definition) is 1. The van der Waals surface area contributed by atoms with E-state index < -0.39 is 0 Å². The van der Waals surface area contributed by atoms with Crippen LogP contribution in [0.5, 0.6) is 5.75 Å². The van der Waals surface area contributed by atoms with Gasteiger partial charge in [0.1, 0.15) is 0 Å². The summed E-state index contributed by atoms with van der Waals surface area (Å²) in [5.41, 5.74) is 1.25. The van der Waals surface area contributed by atoms with E-state index in [1.165, 1.54) is 18.5 Å². The summed E-state index contributed by atoms with van der Waals surface area (Å²) in [6.07, 6.45) is 5.45. The molecule has 2 unspecified atom stereocenters. The number of rotatable bonds is 6. The van der Waals surface area contributed by atoms with E-state index in [2.05, 4.69) is 41.0 Å². The van der Waals surface area contributed by atoms with E-state index in [0.717, 1.165) is 31.8 Å². The molecule has 2 atom stereocenters. The predicted molar refractivity (Wildman–Crippen MR) is 81.2 cm³/mol. The number of nitrogens with zero attached hydrogens (tertiary/aromatic N) is 3. The molecule has 0 saturated carbocycles. The summed E-state index contributed by atoms with van der Waals surface area (Å²) in [5, 5.41) is 8.06. The van der Waals surface area contributed by atoms with E-state index >= 15 is 0 Å². The van der Waals surface area contributed by atoms with Crippen molar-refractivity contribution < 1.29 is 4.74 Å². The summed E-state index contributed by atoms with van der Waals surface area (Å²) in [5.74, 6) is 1.62. The minimum absolute atomic E-state index is 0.659. The van der Waals surface area contributed by atoms with Crippen molar-refractivity contribution in [1.29, 1.82) is 0 Å². The Hall–Kier alpha value is -1.07. The Morgan fingerprint density at radius 2 is 2.25 bits per heavy atom. The third kappa shape index (κ3) is 3.96. The number of nitrogens with one attached hydrogen (secondary N) is 1. The maximum Gasteiger partial charge on any atom is 0.159 e. The van der Waals surface area contributed by atoms with Gasteiger partial charge in [-0.2, -0.15) is 5.10 Å². The van der Waals surface area contributed by atoms with Crippen molar-refractivity contribution in [3.05, 3.63) is 11.9 Å². The van der Waals surface area contributed by atoms with Crippen molar-refractivity contribution in [3.63, 3.8) is 0 Å². The van der Waals surface area contributed by atoms with Gasteiger partial charge in [-0.1, -0.05) is 0 Å². The van der Waals surface area contributed by atoms with E-state index in [1.54, 1.807) is 7.11 Å². The van der Waals surface area contributed by atoms with Gasteiger partial charge in [0.05, 0.1) is 25.5 Å². The fraction of sp³-hybridized carbons (Fsp3) is 0.800. The maximum atomic E-state index is 5.48. The molecule has 0 bridgehead atoms. The van der Waals surface area contributed by atoms with Gasteiger partial charge in [-0.05, 0) is 52.7 Å². The second-order valence-electron chi connectivity index (χ2n) is 6.14. The molecule has 1 N–H and O–H groups in total. The highest BCUT2D eigenvalue weighted by atomic mass is 16.5. The third-order valence-corrected chi connectivity index (χ3v) is 4.13. The zero-order valence-corrected chi connectivity index (χ0v) is 13.2. The first-order chi connectivity index (χ1) is 9.60. The maximum absolute atomic E-state index is 5.48. The smallest absolute Gasteiger partial charge is 0.159 e. The molecule has 5 nitrogen and oxygen atoms in total. The molecule has 1 aliphatic rings. The molecule has 2 heterocycles. The summed E-state index contributed by atoms with van der Waals surface area (Å²) in [6, 6.07) is 0.659. The molecule has 1 aromatic rings. The minimum Gasteiger partial charge on any atom is -0.493 e. The molecule has 1 saturated heterocycles. The van der Waals surface area contributed by atoms with Crippen molar-refractivity contribution in [2.45, 2.75) is 38.8 Å². The molecule has 20 heavy (non-hydrogen) atoms. The number of ether oxygens (including phenoxy) is 1. The second kappa shape index (κ2) is 7.09. The lowest BCUT2D eigenvalue weighted by Crippen LogP contribution is -2.38. The lowest BCUT2D eigenvalue weighted by molar-refractivity contribution is 0.308. The summed E-state index contributed by atoms with van der Waals surface area (Å²) < 4.78 is 7.59.